The van der Waals surface area contributed by atoms with E-state index in [2.05, 4.69) is 72.9 Å². The molecule has 0 saturated heterocycles. The molecule has 0 spiro atoms. The number of carbonyl (C=O) groups is 3. The van der Waals surface area contributed by atoms with Crippen molar-refractivity contribution in [2.45, 2.75) is 117 Å². The predicted molar refractivity (Wildman–Crippen MR) is 265 cm³/mol. The quantitative estimate of drug-likeness (QED) is 0.0912. The van der Waals surface area contributed by atoms with Crippen LogP contribution in [0.2, 0.25) is 0 Å². The summed E-state index contributed by atoms with van der Waals surface area (Å²) in [7, 11) is 0. The van der Waals surface area contributed by atoms with Gasteiger partial charge in [-0.1, -0.05) is 87.3 Å². The molecule has 18 atom stereocenters. The van der Waals surface area contributed by atoms with Crippen LogP contribution in [0.25, 0.3) is 0 Å². The molecule has 1 aromatic rings. The summed E-state index contributed by atoms with van der Waals surface area (Å²) in [5, 5.41) is 0. The van der Waals surface area contributed by atoms with Crippen molar-refractivity contribution in [3.05, 3.63) is 104 Å². The Kier molecular flexibility index (Phi) is 12.9. The number of nitrogens with zero attached hydrogens (tertiary/aromatic N) is 3. The number of hydrogen-bond donors (Lipinski definition) is 0. The fourth-order valence-corrected chi connectivity index (χ4v) is 15.7. The molecule has 376 valence electrons. The van der Waals surface area contributed by atoms with Crippen molar-refractivity contribution >= 4 is 17.9 Å². The van der Waals surface area contributed by atoms with Gasteiger partial charge < -0.3 is 14.2 Å². The number of aromatic nitrogens is 3. The zero-order valence-corrected chi connectivity index (χ0v) is 40.3. The summed E-state index contributed by atoms with van der Waals surface area (Å²) >= 11 is 0. The highest BCUT2D eigenvalue weighted by atomic mass is 16.6. The topological polar surface area (TPSA) is 145 Å². The number of esters is 3. The van der Waals surface area contributed by atoms with Crippen molar-refractivity contribution in [1.29, 1.82) is 0 Å². The molecule has 0 radical (unpaired) electrons. The minimum absolute atomic E-state index is 0. The van der Waals surface area contributed by atoms with Crippen LogP contribution in [0.1, 0.15) is 97.8 Å². The maximum atomic E-state index is 13.6. The van der Waals surface area contributed by atoms with Crippen molar-refractivity contribution in [3.8, 4) is 0 Å². The molecule has 6 saturated carbocycles. The van der Waals surface area contributed by atoms with E-state index in [4.69, 9.17) is 14.2 Å². The summed E-state index contributed by atoms with van der Waals surface area (Å²) in [6.45, 7) is 3.58. The highest BCUT2D eigenvalue weighted by Crippen LogP contribution is 2.49. The van der Waals surface area contributed by atoms with E-state index in [-0.39, 0.29) is 97.7 Å². The maximum Gasteiger partial charge on any atom is 0.336 e. The van der Waals surface area contributed by atoms with E-state index < -0.39 is 5.41 Å². The molecule has 0 N–H and O–H groups in total. The number of carbonyl (C=O) groups excluding carboxylic acids is 3. The molecule has 13 rings (SSSR count). The second-order valence-corrected chi connectivity index (χ2v) is 24.1. The summed E-state index contributed by atoms with van der Waals surface area (Å²) < 4.78 is 21.9. The van der Waals surface area contributed by atoms with Crippen molar-refractivity contribution in [2.75, 3.05) is 19.8 Å². The van der Waals surface area contributed by atoms with E-state index in [0.717, 1.165) is 77.0 Å². The van der Waals surface area contributed by atoms with E-state index in [0.29, 0.717) is 97.1 Å². The van der Waals surface area contributed by atoms with Gasteiger partial charge in [0, 0.05) is 19.6 Å². The van der Waals surface area contributed by atoms with Crippen molar-refractivity contribution in [2.24, 2.45) is 112 Å². The first kappa shape index (κ1) is 47.6. The second-order valence-electron chi connectivity index (χ2n) is 24.1. The largest absolute Gasteiger partial charge is 0.465 e. The highest BCUT2D eigenvalue weighted by molar-refractivity contribution is 5.75. The Morgan fingerprint density at radius 1 is 0.414 bits per heavy atom. The van der Waals surface area contributed by atoms with Crippen molar-refractivity contribution in [1.82, 2.24) is 13.7 Å². The maximum absolute atomic E-state index is 13.6. The van der Waals surface area contributed by atoms with Crippen LogP contribution in [0.4, 0.5) is 0 Å². The lowest BCUT2D eigenvalue weighted by molar-refractivity contribution is -0.168. The number of hydrogen-bond acceptors (Lipinski definition) is 9. The molecule has 6 fully saturated rings. The van der Waals surface area contributed by atoms with Crippen LogP contribution in [-0.4, -0.2) is 51.4 Å². The number of ether oxygens (including phenoxy) is 3. The van der Waals surface area contributed by atoms with Gasteiger partial charge in [0.15, 0.2) is 0 Å². The molecule has 1 aromatic heterocycles. The van der Waals surface area contributed by atoms with Gasteiger partial charge in [-0.25, -0.2) is 28.1 Å². The van der Waals surface area contributed by atoms with Gasteiger partial charge in [-0.15, -0.1) is 0 Å². The third kappa shape index (κ3) is 8.87. The fourth-order valence-electron chi connectivity index (χ4n) is 15.7. The normalized spacial score (nSPS) is 40.1. The third-order valence-corrected chi connectivity index (χ3v) is 19.9. The third-order valence-electron chi connectivity index (χ3n) is 19.9. The molecule has 12 bridgehead atoms. The lowest BCUT2D eigenvalue weighted by Crippen LogP contribution is -2.56. The van der Waals surface area contributed by atoms with Gasteiger partial charge in [0.05, 0.1) is 23.2 Å². The number of rotatable bonds is 16. The van der Waals surface area contributed by atoms with Crippen LogP contribution in [0.15, 0.2) is 87.3 Å². The van der Waals surface area contributed by atoms with Crippen LogP contribution in [-0.2, 0) is 48.2 Å². The molecule has 12 nitrogen and oxygen atoms in total. The lowest BCUT2D eigenvalue weighted by atomic mass is 9.87. The molecule has 18 unspecified atom stereocenters. The van der Waals surface area contributed by atoms with Crippen LogP contribution in [0, 0.1) is 112 Å². The van der Waals surface area contributed by atoms with Gasteiger partial charge in [0.2, 0.25) is 0 Å². The Morgan fingerprint density at radius 2 is 0.671 bits per heavy atom. The van der Waals surface area contributed by atoms with Crippen LogP contribution in [0.3, 0.4) is 0 Å². The molecule has 0 amide bonds. The van der Waals surface area contributed by atoms with Crippen molar-refractivity contribution < 1.29 is 28.6 Å². The monoisotopic (exact) mass is 958 g/mol. The van der Waals surface area contributed by atoms with Gasteiger partial charge in [-0.2, -0.15) is 0 Å². The molecule has 0 aliphatic heterocycles. The average molecular weight is 958 g/mol. The Morgan fingerprint density at radius 3 is 0.871 bits per heavy atom. The van der Waals surface area contributed by atoms with Gasteiger partial charge in [-0.3, -0.25) is 14.4 Å². The van der Waals surface area contributed by atoms with Gasteiger partial charge >= 0.3 is 35.0 Å². The molecule has 0 aromatic carbocycles. The van der Waals surface area contributed by atoms with Crippen molar-refractivity contribution in [3.63, 3.8) is 0 Å². The van der Waals surface area contributed by atoms with E-state index in [1.807, 2.05) is 6.92 Å². The van der Waals surface area contributed by atoms with Crippen LogP contribution in [0.5, 0.6) is 0 Å². The Balaban J connectivity index is 0.000000151. The fraction of sp³-hybridized carbons (Fsp3) is 0.690. The Hall–Kier alpha value is -4.74. The van der Waals surface area contributed by atoms with E-state index in [1.165, 1.54) is 13.7 Å². The standard InChI is InChI=1S/C30H38O6.C27H33N3O3.CH4/c1-2-30(15-34-27(31)24-12-18-3-6-21(24)9-18,16-35-28(32)25-13-19-4-7-22(25)10-19)17-36-29(33)26-14-20-5-8-23(26)11-20;31-25-28(13-22-10-16-1-4-19(22)7-16)26(32)30(15-24-12-18-3-6-21(24)9-18)27(33)29(25)14-23-11-17-2-5-20(23)8-17;/h3-8,18-26H,2,9-17H2,1H3;1-6,16-24H,7-15H2;1H4. The first-order chi connectivity index (χ1) is 33.5. The van der Waals surface area contributed by atoms with Gasteiger partial charge in [0.25, 0.3) is 0 Å². The van der Waals surface area contributed by atoms with Gasteiger partial charge in [-0.05, 0) is 172 Å². The SMILES string of the molecule is C.CCC(COC(=O)C1CC2C=CC1C2)(COC(=O)C1CC2C=CC1C2)COC(=O)C1CC2C=CC1C2.O=c1n(CC2CC3C=CC2C3)c(=O)n(CC2CC3C=CC2C3)c(=O)n1CC1CC2C=CC1C2. The summed E-state index contributed by atoms with van der Waals surface area (Å²) in [6.07, 6.45) is 39.5. The summed E-state index contributed by atoms with van der Waals surface area (Å²) in [4.78, 5) is 79.7. The smallest absolute Gasteiger partial charge is 0.336 e. The summed E-state index contributed by atoms with van der Waals surface area (Å²) in [5.74, 6) is 5.53. The minimum Gasteiger partial charge on any atom is -0.465 e. The first-order valence-electron chi connectivity index (χ1n) is 27.0. The van der Waals surface area contributed by atoms with E-state index in [9.17, 15) is 28.8 Å². The van der Waals surface area contributed by atoms with Crippen LogP contribution < -0.4 is 17.1 Å². The predicted octanol–water partition coefficient (Wildman–Crippen LogP) is 8.09. The first-order valence-corrected chi connectivity index (χ1v) is 27.0. The number of allylic oxidation sites excluding steroid dienone is 12. The van der Waals surface area contributed by atoms with E-state index in [1.54, 1.807) is 0 Å². The van der Waals surface area contributed by atoms with Gasteiger partial charge in [0.1, 0.15) is 19.8 Å². The average Bonchev–Trinajstić information content (AvgIpc) is 4.22. The van der Waals surface area contributed by atoms with Crippen LogP contribution >= 0.6 is 0 Å². The molecular weight excluding hydrogens is 883 g/mol. The zero-order chi connectivity index (χ0) is 47.1. The second kappa shape index (κ2) is 19.0. The zero-order valence-electron chi connectivity index (χ0n) is 40.3. The summed E-state index contributed by atoms with van der Waals surface area (Å²) in [5.41, 5.74) is -1.89. The molecule has 70 heavy (non-hydrogen) atoms. The molecular formula is C58H75N3O9. The summed E-state index contributed by atoms with van der Waals surface area (Å²) in [6, 6.07) is 0. The Labute approximate surface area is 412 Å². The Bertz CT molecular complexity index is 2290. The lowest BCUT2D eigenvalue weighted by Gasteiger charge is -2.33. The molecule has 1 heterocycles. The molecule has 12 aliphatic carbocycles. The molecule has 12 heteroatoms. The van der Waals surface area contributed by atoms with E-state index >= 15 is 0 Å². The minimum atomic E-state index is -0.741. The highest BCUT2D eigenvalue weighted by Gasteiger charge is 2.47. The number of fused-ring (bicyclic) bond motifs is 12. The molecule has 12 aliphatic rings.